The topological polar surface area (TPSA) is 99.6 Å². The van der Waals surface area contributed by atoms with Crippen LogP contribution in [0.15, 0.2) is 102 Å². The highest BCUT2D eigenvalue weighted by Crippen LogP contribution is 2.25. The summed E-state index contributed by atoms with van der Waals surface area (Å²) in [5.74, 6) is 0.390. The molecule has 0 saturated carbocycles. The molecule has 3 N–H and O–H groups in total. The van der Waals surface area contributed by atoms with Gasteiger partial charge in [-0.25, -0.2) is 5.43 Å². The fourth-order valence-electron chi connectivity index (χ4n) is 3.68. The number of benzene rings is 4. The Morgan fingerprint density at radius 3 is 2.57 bits per heavy atom. The molecule has 172 valence electrons. The van der Waals surface area contributed by atoms with Crippen LogP contribution in [-0.2, 0) is 6.61 Å². The Kier molecular flexibility index (Phi) is 6.21. The molecule has 0 atom stereocenters. The fraction of sp³-hybridized carbons (Fsp3) is 0.0357. The quantitative estimate of drug-likeness (QED) is 0.226. The lowest BCUT2D eigenvalue weighted by Gasteiger charge is -2.06. The molecular formula is C28H22N4O3. The van der Waals surface area contributed by atoms with E-state index in [1.54, 1.807) is 12.1 Å². The number of amides is 1. The van der Waals surface area contributed by atoms with E-state index in [1.807, 2.05) is 84.9 Å². The molecule has 0 aliphatic rings. The van der Waals surface area contributed by atoms with Crippen LogP contribution in [0.2, 0.25) is 0 Å². The summed E-state index contributed by atoms with van der Waals surface area (Å²) in [6.45, 7) is 0.490. The van der Waals surface area contributed by atoms with E-state index in [2.05, 4.69) is 20.7 Å². The minimum absolute atomic E-state index is 0.0849. The molecule has 1 amide bonds. The van der Waals surface area contributed by atoms with Crippen molar-refractivity contribution in [2.45, 2.75) is 6.61 Å². The summed E-state index contributed by atoms with van der Waals surface area (Å²) in [6.07, 6.45) is 1.43. The van der Waals surface area contributed by atoms with Crippen LogP contribution in [-0.4, -0.2) is 27.4 Å². The van der Waals surface area contributed by atoms with Gasteiger partial charge in [0.2, 0.25) is 0 Å². The first-order chi connectivity index (χ1) is 17.2. The van der Waals surface area contributed by atoms with Gasteiger partial charge in [-0.1, -0.05) is 60.7 Å². The zero-order valence-electron chi connectivity index (χ0n) is 18.7. The highest BCUT2D eigenvalue weighted by molar-refractivity contribution is 6.03. The number of rotatable bonds is 7. The maximum absolute atomic E-state index is 12.5. The average molecular weight is 463 g/mol. The van der Waals surface area contributed by atoms with Crippen LogP contribution in [0, 0.1) is 0 Å². The van der Waals surface area contributed by atoms with Gasteiger partial charge in [-0.2, -0.15) is 10.2 Å². The molecule has 0 saturated heterocycles. The first-order valence-electron chi connectivity index (χ1n) is 11.0. The van der Waals surface area contributed by atoms with Crippen LogP contribution in [0.4, 0.5) is 0 Å². The molecule has 5 aromatic rings. The highest BCUT2D eigenvalue weighted by atomic mass is 16.5. The number of hydrazone groups is 1. The number of ether oxygens (including phenoxy) is 1. The standard InChI is InChI=1S/C28H22N4O3/c33-27-15-12-20-8-4-5-9-23(20)24(27)17-29-32-28(34)26-16-25(30-31-26)21-10-13-22(14-11-21)35-18-19-6-2-1-3-7-19/h1-17,33H,18H2,(H,30,31)(H,32,34)/b29-17+. The number of aromatic amines is 1. The van der Waals surface area contributed by atoms with Gasteiger partial charge >= 0.3 is 0 Å². The molecule has 0 radical (unpaired) electrons. The number of carbonyl (C=O) groups excluding carboxylic acids is 1. The summed E-state index contributed by atoms with van der Waals surface area (Å²) >= 11 is 0. The minimum Gasteiger partial charge on any atom is -0.507 e. The molecule has 0 bridgehead atoms. The third-order valence-corrected chi connectivity index (χ3v) is 5.53. The first kappa shape index (κ1) is 21.9. The van der Waals surface area contributed by atoms with Crippen LogP contribution in [0.1, 0.15) is 21.6 Å². The van der Waals surface area contributed by atoms with Crippen molar-refractivity contribution in [2.75, 3.05) is 0 Å². The third kappa shape index (κ3) is 5.04. The molecule has 7 heteroatoms. The van der Waals surface area contributed by atoms with Crippen molar-refractivity contribution >= 4 is 22.9 Å². The zero-order valence-corrected chi connectivity index (χ0v) is 18.7. The van der Waals surface area contributed by atoms with E-state index in [4.69, 9.17) is 4.74 Å². The van der Waals surface area contributed by atoms with Gasteiger partial charge in [0.1, 0.15) is 23.8 Å². The molecular weight excluding hydrogens is 440 g/mol. The van der Waals surface area contributed by atoms with Crippen molar-refractivity contribution in [1.82, 2.24) is 15.6 Å². The van der Waals surface area contributed by atoms with E-state index in [-0.39, 0.29) is 11.4 Å². The van der Waals surface area contributed by atoms with Crippen molar-refractivity contribution in [2.24, 2.45) is 5.10 Å². The first-order valence-corrected chi connectivity index (χ1v) is 11.0. The van der Waals surface area contributed by atoms with E-state index >= 15 is 0 Å². The molecule has 0 aliphatic heterocycles. The predicted molar refractivity (Wildman–Crippen MR) is 135 cm³/mol. The SMILES string of the molecule is O=C(N/N=C/c1c(O)ccc2ccccc12)c1cc(-c2ccc(OCc3ccccc3)cc2)n[nH]1. The van der Waals surface area contributed by atoms with Gasteiger partial charge in [0.05, 0.1) is 11.9 Å². The number of phenols is 1. The number of phenolic OH excluding ortho intramolecular Hbond substituents is 1. The van der Waals surface area contributed by atoms with Crippen molar-refractivity contribution < 1.29 is 14.6 Å². The number of fused-ring (bicyclic) bond motifs is 1. The lowest BCUT2D eigenvalue weighted by Crippen LogP contribution is -2.18. The summed E-state index contributed by atoms with van der Waals surface area (Å²) in [5.41, 5.74) is 5.84. The van der Waals surface area contributed by atoms with Gasteiger partial charge in [-0.05, 0) is 52.7 Å². The van der Waals surface area contributed by atoms with Crippen molar-refractivity contribution in [3.8, 4) is 22.8 Å². The largest absolute Gasteiger partial charge is 0.507 e. The highest BCUT2D eigenvalue weighted by Gasteiger charge is 2.11. The predicted octanol–water partition coefficient (Wildman–Crippen LogP) is 5.28. The molecule has 0 spiro atoms. The maximum Gasteiger partial charge on any atom is 0.289 e. The Balaban J connectivity index is 1.22. The smallest absolute Gasteiger partial charge is 0.289 e. The normalized spacial score (nSPS) is 11.1. The lowest BCUT2D eigenvalue weighted by molar-refractivity contribution is 0.0950. The number of hydrogen-bond acceptors (Lipinski definition) is 5. The van der Waals surface area contributed by atoms with Crippen molar-refractivity contribution in [3.05, 3.63) is 114 Å². The number of aromatic nitrogens is 2. The lowest BCUT2D eigenvalue weighted by atomic mass is 10.0. The maximum atomic E-state index is 12.5. The van der Waals surface area contributed by atoms with Crippen molar-refractivity contribution in [3.63, 3.8) is 0 Å². The second-order valence-corrected chi connectivity index (χ2v) is 7.88. The van der Waals surface area contributed by atoms with E-state index < -0.39 is 5.91 Å². The van der Waals surface area contributed by atoms with E-state index in [9.17, 15) is 9.90 Å². The number of nitrogens with one attached hydrogen (secondary N) is 2. The summed E-state index contributed by atoms with van der Waals surface area (Å²) in [6, 6.07) is 30.2. The molecule has 1 heterocycles. The van der Waals surface area contributed by atoms with Gasteiger partial charge in [-0.15, -0.1) is 0 Å². The second kappa shape index (κ2) is 9.93. The summed E-state index contributed by atoms with van der Waals surface area (Å²) < 4.78 is 5.82. The minimum atomic E-state index is -0.442. The Labute approximate surface area is 201 Å². The average Bonchev–Trinajstić information content (AvgIpc) is 3.40. The number of hydrogen-bond donors (Lipinski definition) is 3. The van der Waals surface area contributed by atoms with Crippen LogP contribution in [0.3, 0.4) is 0 Å². The molecule has 0 aliphatic carbocycles. The number of nitrogens with zero attached hydrogens (tertiary/aromatic N) is 2. The van der Waals surface area contributed by atoms with Gasteiger partial charge in [0.25, 0.3) is 5.91 Å². The molecule has 0 fully saturated rings. The number of aromatic hydroxyl groups is 1. The van der Waals surface area contributed by atoms with E-state index in [0.717, 1.165) is 27.6 Å². The monoisotopic (exact) mass is 462 g/mol. The van der Waals surface area contributed by atoms with Gasteiger partial charge in [0.15, 0.2) is 0 Å². The Bertz CT molecular complexity index is 1490. The van der Waals surface area contributed by atoms with E-state index in [1.165, 1.54) is 6.21 Å². The van der Waals surface area contributed by atoms with Crippen molar-refractivity contribution in [1.29, 1.82) is 0 Å². The van der Waals surface area contributed by atoms with Crippen LogP contribution in [0.5, 0.6) is 11.5 Å². The number of carbonyl (C=O) groups is 1. The van der Waals surface area contributed by atoms with Crippen LogP contribution < -0.4 is 10.2 Å². The molecule has 0 unspecified atom stereocenters. The molecule has 1 aromatic heterocycles. The Morgan fingerprint density at radius 2 is 1.74 bits per heavy atom. The van der Waals surface area contributed by atoms with Crippen LogP contribution >= 0.6 is 0 Å². The second-order valence-electron chi connectivity index (χ2n) is 7.88. The molecule has 35 heavy (non-hydrogen) atoms. The van der Waals surface area contributed by atoms with Gasteiger partial charge in [0, 0.05) is 11.1 Å². The molecule has 4 aromatic carbocycles. The van der Waals surface area contributed by atoms with E-state index in [0.29, 0.717) is 17.9 Å². The van der Waals surface area contributed by atoms with Gasteiger partial charge < -0.3 is 9.84 Å². The third-order valence-electron chi connectivity index (χ3n) is 5.53. The fourth-order valence-corrected chi connectivity index (χ4v) is 3.68. The number of H-pyrrole nitrogens is 1. The Morgan fingerprint density at radius 1 is 0.971 bits per heavy atom. The molecule has 5 rings (SSSR count). The van der Waals surface area contributed by atoms with Crippen LogP contribution in [0.25, 0.3) is 22.0 Å². The van der Waals surface area contributed by atoms with Gasteiger partial charge in [-0.3, -0.25) is 9.89 Å². The zero-order chi connectivity index (χ0) is 24.0. The Hall–Kier alpha value is -4.91. The summed E-state index contributed by atoms with van der Waals surface area (Å²) in [7, 11) is 0. The summed E-state index contributed by atoms with van der Waals surface area (Å²) in [5, 5.41) is 23.0. The molecule has 7 nitrogen and oxygen atoms in total. The summed E-state index contributed by atoms with van der Waals surface area (Å²) in [4.78, 5) is 12.5.